The van der Waals surface area contributed by atoms with Gasteiger partial charge in [0.15, 0.2) is 5.96 Å². The lowest BCUT2D eigenvalue weighted by molar-refractivity contribution is 0.958. The molecule has 0 saturated heterocycles. The fraction of sp³-hybridized carbons (Fsp3) is 0.200. The first-order chi connectivity index (χ1) is 7.81. The van der Waals surface area contributed by atoms with Crippen LogP contribution in [-0.2, 0) is 0 Å². The van der Waals surface area contributed by atoms with Gasteiger partial charge in [-0.2, -0.15) is 0 Å². The third kappa shape index (κ3) is 1.76. The first kappa shape index (κ1) is 9.65. The van der Waals surface area contributed by atoms with E-state index in [9.17, 15) is 0 Å². The Morgan fingerprint density at radius 1 is 1.38 bits per heavy atom. The average molecular weight is 280 g/mol. The number of nitrogens with one attached hydrogen (secondary N) is 3. The topological polar surface area (TPSA) is 65.1 Å². The Balaban J connectivity index is 1.92. The summed E-state index contributed by atoms with van der Waals surface area (Å²) in [6.07, 6.45) is 0. The molecule has 0 amide bonds. The Morgan fingerprint density at radius 2 is 2.31 bits per heavy atom. The number of guanidine groups is 1. The summed E-state index contributed by atoms with van der Waals surface area (Å²) in [5.41, 5.74) is 1.93. The summed E-state index contributed by atoms with van der Waals surface area (Å²) in [7, 11) is 0. The lowest BCUT2D eigenvalue weighted by Gasteiger charge is -2.01. The van der Waals surface area contributed by atoms with Gasteiger partial charge in [0.2, 0.25) is 5.95 Å². The van der Waals surface area contributed by atoms with Gasteiger partial charge in [-0.3, -0.25) is 10.3 Å². The fourth-order valence-corrected chi connectivity index (χ4v) is 2.00. The standard InChI is InChI=1S/C10H10BrN5/c11-6-1-2-7-8(5-6)15-10(14-7)16-9-12-3-4-13-9/h1-2,5H,3-4H2,(H3,12,13,14,15,16). The van der Waals surface area contributed by atoms with Crippen LogP contribution in [0.1, 0.15) is 0 Å². The van der Waals surface area contributed by atoms with Crippen molar-refractivity contribution < 1.29 is 0 Å². The number of imidazole rings is 1. The minimum absolute atomic E-state index is 0.709. The monoisotopic (exact) mass is 279 g/mol. The van der Waals surface area contributed by atoms with E-state index >= 15 is 0 Å². The number of halogens is 1. The molecule has 3 rings (SSSR count). The molecule has 1 aromatic carbocycles. The Hall–Kier alpha value is -1.56. The minimum atomic E-state index is 0.709. The molecule has 0 unspecified atom stereocenters. The number of H-pyrrole nitrogens is 1. The zero-order chi connectivity index (χ0) is 11.0. The summed E-state index contributed by atoms with van der Waals surface area (Å²) in [4.78, 5) is 11.8. The normalized spacial score (nSPS) is 14.9. The van der Waals surface area contributed by atoms with Crippen molar-refractivity contribution >= 4 is 38.9 Å². The second kappa shape index (κ2) is 3.79. The van der Waals surface area contributed by atoms with E-state index in [4.69, 9.17) is 0 Å². The summed E-state index contributed by atoms with van der Waals surface area (Å²) < 4.78 is 1.03. The average Bonchev–Trinajstić information content (AvgIpc) is 2.86. The lowest BCUT2D eigenvalue weighted by Crippen LogP contribution is -2.26. The number of nitrogens with zero attached hydrogens (tertiary/aromatic N) is 2. The van der Waals surface area contributed by atoms with Gasteiger partial charge in [0.1, 0.15) is 0 Å². The van der Waals surface area contributed by atoms with Crippen LogP contribution in [0.25, 0.3) is 11.0 Å². The maximum Gasteiger partial charge on any atom is 0.208 e. The maximum absolute atomic E-state index is 4.41. The Bertz CT molecular complexity index is 559. The quantitative estimate of drug-likeness (QED) is 0.745. The van der Waals surface area contributed by atoms with E-state index in [2.05, 4.69) is 41.5 Å². The van der Waals surface area contributed by atoms with Crippen molar-refractivity contribution in [2.24, 2.45) is 4.99 Å². The maximum atomic E-state index is 4.41. The second-order valence-corrected chi connectivity index (χ2v) is 4.44. The minimum Gasteiger partial charge on any atom is -0.354 e. The molecule has 0 radical (unpaired) electrons. The molecular formula is C10H10BrN5. The van der Waals surface area contributed by atoms with Gasteiger partial charge in [-0.05, 0) is 18.2 Å². The van der Waals surface area contributed by atoms with Crippen molar-refractivity contribution in [2.75, 3.05) is 18.4 Å². The van der Waals surface area contributed by atoms with Crippen LogP contribution in [0.15, 0.2) is 27.7 Å². The Morgan fingerprint density at radius 3 is 3.12 bits per heavy atom. The highest BCUT2D eigenvalue weighted by atomic mass is 79.9. The first-order valence-corrected chi connectivity index (χ1v) is 5.81. The van der Waals surface area contributed by atoms with Gasteiger partial charge in [0.05, 0.1) is 17.6 Å². The van der Waals surface area contributed by atoms with Gasteiger partial charge in [0, 0.05) is 11.0 Å². The predicted octanol–water partition coefficient (Wildman–Crippen LogP) is 1.70. The molecule has 2 aromatic rings. The number of aromatic amines is 1. The van der Waals surface area contributed by atoms with E-state index in [1.165, 1.54) is 0 Å². The zero-order valence-electron chi connectivity index (χ0n) is 8.42. The SMILES string of the molecule is Brc1ccc2nc(NC3=NCCN3)[nH]c2c1. The van der Waals surface area contributed by atoms with Crippen LogP contribution in [0.4, 0.5) is 5.95 Å². The number of hydrogen-bond donors (Lipinski definition) is 3. The number of rotatable bonds is 1. The van der Waals surface area contributed by atoms with Crippen molar-refractivity contribution in [1.29, 1.82) is 0 Å². The van der Waals surface area contributed by atoms with E-state index in [1.807, 2.05) is 18.2 Å². The molecule has 5 nitrogen and oxygen atoms in total. The summed E-state index contributed by atoms with van der Waals surface area (Å²) >= 11 is 3.43. The molecule has 3 N–H and O–H groups in total. The molecule has 1 aliphatic rings. The number of hydrogen-bond acceptors (Lipinski definition) is 4. The lowest BCUT2D eigenvalue weighted by atomic mass is 10.3. The molecular weight excluding hydrogens is 270 g/mol. The molecule has 16 heavy (non-hydrogen) atoms. The van der Waals surface area contributed by atoms with E-state index in [1.54, 1.807) is 0 Å². The Kier molecular flexibility index (Phi) is 2.28. The number of benzene rings is 1. The fourth-order valence-electron chi connectivity index (χ4n) is 1.63. The second-order valence-electron chi connectivity index (χ2n) is 3.53. The summed E-state index contributed by atoms with van der Waals surface area (Å²) in [5, 5.41) is 6.24. The molecule has 0 atom stereocenters. The molecule has 1 aliphatic heterocycles. The molecule has 0 bridgehead atoms. The van der Waals surface area contributed by atoms with Crippen molar-refractivity contribution in [2.45, 2.75) is 0 Å². The number of anilines is 1. The van der Waals surface area contributed by atoms with Crippen LogP contribution >= 0.6 is 15.9 Å². The van der Waals surface area contributed by atoms with E-state index in [-0.39, 0.29) is 0 Å². The van der Waals surface area contributed by atoms with Crippen LogP contribution in [0.3, 0.4) is 0 Å². The molecule has 6 heteroatoms. The van der Waals surface area contributed by atoms with Crippen molar-refractivity contribution in [3.8, 4) is 0 Å². The molecule has 0 saturated carbocycles. The first-order valence-electron chi connectivity index (χ1n) is 5.02. The van der Waals surface area contributed by atoms with Crippen LogP contribution < -0.4 is 10.6 Å². The van der Waals surface area contributed by atoms with Crippen LogP contribution in [0.5, 0.6) is 0 Å². The molecule has 82 valence electrons. The molecule has 0 fully saturated rings. The molecule has 0 spiro atoms. The highest BCUT2D eigenvalue weighted by Crippen LogP contribution is 2.19. The third-order valence-electron chi connectivity index (χ3n) is 2.35. The van der Waals surface area contributed by atoms with Crippen molar-refractivity contribution in [3.05, 3.63) is 22.7 Å². The van der Waals surface area contributed by atoms with Gasteiger partial charge in [0.25, 0.3) is 0 Å². The number of fused-ring (bicyclic) bond motifs is 1. The smallest absolute Gasteiger partial charge is 0.208 e. The van der Waals surface area contributed by atoms with Gasteiger partial charge in [-0.25, -0.2) is 4.98 Å². The zero-order valence-corrected chi connectivity index (χ0v) is 10.0. The van der Waals surface area contributed by atoms with Gasteiger partial charge in [-0.15, -0.1) is 0 Å². The van der Waals surface area contributed by atoms with Crippen LogP contribution in [-0.4, -0.2) is 29.0 Å². The van der Waals surface area contributed by atoms with Gasteiger partial charge in [-0.1, -0.05) is 15.9 Å². The summed E-state index contributed by atoms with van der Waals surface area (Å²) in [6, 6.07) is 5.93. The van der Waals surface area contributed by atoms with Crippen molar-refractivity contribution in [1.82, 2.24) is 15.3 Å². The highest BCUT2D eigenvalue weighted by molar-refractivity contribution is 9.10. The third-order valence-corrected chi connectivity index (χ3v) is 2.85. The van der Waals surface area contributed by atoms with Gasteiger partial charge < -0.3 is 10.3 Å². The van der Waals surface area contributed by atoms with Gasteiger partial charge >= 0.3 is 0 Å². The number of aromatic nitrogens is 2. The van der Waals surface area contributed by atoms with E-state index in [0.717, 1.165) is 34.6 Å². The molecule has 2 heterocycles. The predicted molar refractivity (Wildman–Crippen MR) is 67.7 cm³/mol. The summed E-state index contributed by atoms with van der Waals surface area (Å²) in [5.74, 6) is 1.49. The Labute approximate surface area is 100 Å². The largest absolute Gasteiger partial charge is 0.354 e. The highest BCUT2D eigenvalue weighted by Gasteiger charge is 2.08. The van der Waals surface area contributed by atoms with Crippen molar-refractivity contribution in [3.63, 3.8) is 0 Å². The van der Waals surface area contributed by atoms with E-state index < -0.39 is 0 Å². The molecule has 0 aliphatic carbocycles. The van der Waals surface area contributed by atoms with Crippen LogP contribution in [0.2, 0.25) is 0 Å². The van der Waals surface area contributed by atoms with Crippen LogP contribution in [0, 0.1) is 0 Å². The summed E-state index contributed by atoms with van der Waals surface area (Å²) in [6.45, 7) is 1.70. The number of aliphatic imine (C=N–C) groups is 1. The van der Waals surface area contributed by atoms with E-state index in [0.29, 0.717) is 5.95 Å². The molecule has 1 aromatic heterocycles.